The highest BCUT2D eigenvalue weighted by molar-refractivity contribution is 6.31. The van der Waals surface area contributed by atoms with E-state index in [2.05, 4.69) is 46.4 Å². The molecule has 2 heterocycles. The molecule has 4 aromatic carbocycles. The minimum Gasteiger partial charge on any atom is -0.493 e. The molecule has 2 fully saturated rings. The molecule has 0 radical (unpaired) electrons. The van der Waals surface area contributed by atoms with Gasteiger partial charge in [0.2, 0.25) is 0 Å². The minimum absolute atomic E-state index is 0. The first-order valence-electron chi connectivity index (χ1n) is 21.1. The second-order valence-electron chi connectivity index (χ2n) is 14.6. The van der Waals surface area contributed by atoms with Gasteiger partial charge in [0, 0.05) is 30.1 Å². The topological polar surface area (TPSA) is 107 Å². The fourth-order valence-corrected chi connectivity index (χ4v) is 7.77. The number of hydrogen-bond donors (Lipinski definition) is 2. The smallest absolute Gasteiger partial charge is 0.255 e. The van der Waals surface area contributed by atoms with E-state index in [1.165, 1.54) is 32.6 Å². The molecule has 2 amide bonds. The van der Waals surface area contributed by atoms with Gasteiger partial charge >= 0.3 is 0 Å². The molecule has 332 valence electrons. The zero-order chi connectivity index (χ0) is 42.2. The Bertz CT molecular complexity index is 1790. The van der Waals surface area contributed by atoms with Crippen LogP contribution in [0.5, 0.6) is 11.5 Å². The molecule has 4 aromatic rings. The van der Waals surface area contributed by atoms with E-state index in [9.17, 15) is 9.59 Å². The molecule has 0 aliphatic carbocycles. The third-order valence-electron chi connectivity index (χ3n) is 10.4. The summed E-state index contributed by atoms with van der Waals surface area (Å²) in [6, 6.07) is 32.6. The third kappa shape index (κ3) is 17.0. The quantitative estimate of drug-likeness (QED) is 0.0958. The molecule has 2 unspecified atom stereocenters. The number of nitrogens with one attached hydrogen (secondary N) is 2. The average Bonchev–Trinajstić information content (AvgIpc) is 4.00. The Labute approximate surface area is 386 Å². The molecule has 0 spiro atoms. The number of benzene rings is 4. The normalized spacial score (nSPS) is 14.2. The summed E-state index contributed by atoms with van der Waals surface area (Å²) in [4.78, 5) is 30.6. The molecule has 2 atom stereocenters. The number of para-hydroxylation sites is 2. The van der Waals surface area contributed by atoms with Crippen LogP contribution in [0.1, 0.15) is 116 Å². The molecule has 2 aliphatic heterocycles. The van der Waals surface area contributed by atoms with Gasteiger partial charge in [0.05, 0.1) is 42.5 Å². The lowest BCUT2D eigenvalue weighted by Crippen LogP contribution is -2.37. The lowest BCUT2D eigenvalue weighted by Gasteiger charge is -2.29. The highest BCUT2D eigenvalue weighted by Crippen LogP contribution is 2.31. The van der Waals surface area contributed by atoms with Crippen LogP contribution in [0.3, 0.4) is 0 Å². The zero-order valence-corrected chi connectivity index (χ0v) is 38.9. The summed E-state index contributed by atoms with van der Waals surface area (Å²) in [5.74, 6) is 1.07. The molecule has 0 bridgehead atoms. The molecule has 61 heavy (non-hydrogen) atoms. The maximum atomic E-state index is 12.9. The molecule has 13 heteroatoms. The maximum absolute atomic E-state index is 12.9. The van der Waals surface area contributed by atoms with Crippen LogP contribution in [0.15, 0.2) is 97.1 Å². The largest absolute Gasteiger partial charge is 0.493 e. The van der Waals surface area contributed by atoms with Crippen molar-refractivity contribution in [2.24, 2.45) is 0 Å². The standard InChI is InChI=1S/2C23H29ClN2O2.C2H3N.2ClH/c2*1-2-3-16-28-22-13-7-5-11-19(22)23(27)25-17-21(26-14-8-9-15-26)18-10-4-6-12-20(18)24;1-2-3;;/h2*4-7,10-13,21H,2-3,8-9,14-17H2,1H3,(H,25,27);1H3;2*1H. The first-order chi connectivity index (χ1) is 28.8. The highest BCUT2D eigenvalue weighted by Gasteiger charge is 2.27. The van der Waals surface area contributed by atoms with Crippen LogP contribution in [0.25, 0.3) is 0 Å². The predicted molar refractivity (Wildman–Crippen MR) is 254 cm³/mol. The second kappa shape index (κ2) is 30.1. The Kier molecular flexibility index (Phi) is 26.2. The van der Waals surface area contributed by atoms with Crippen molar-refractivity contribution in [3.05, 3.63) is 129 Å². The summed E-state index contributed by atoms with van der Waals surface area (Å²) < 4.78 is 11.6. The van der Waals surface area contributed by atoms with E-state index < -0.39 is 0 Å². The fourth-order valence-electron chi connectivity index (χ4n) is 7.25. The van der Waals surface area contributed by atoms with Crippen molar-refractivity contribution >= 4 is 59.8 Å². The van der Waals surface area contributed by atoms with Gasteiger partial charge in [-0.15, -0.1) is 24.8 Å². The number of carbonyl (C=O) groups excluding carboxylic acids is 2. The summed E-state index contributed by atoms with van der Waals surface area (Å²) in [5, 5.41) is 15.0. The van der Waals surface area contributed by atoms with E-state index in [1.54, 1.807) is 6.07 Å². The summed E-state index contributed by atoms with van der Waals surface area (Å²) in [6.07, 6.45) is 8.80. The molecule has 0 saturated carbocycles. The second-order valence-corrected chi connectivity index (χ2v) is 15.4. The number of halogens is 4. The predicted octanol–water partition coefficient (Wildman–Crippen LogP) is 11.5. The average molecular weight is 916 g/mol. The van der Waals surface area contributed by atoms with Crippen LogP contribution in [-0.4, -0.2) is 74.1 Å². The first kappa shape index (κ1) is 53.1. The number of likely N-dealkylation sites (tertiary alicyclic amines) is 2. The summed E-state index contributed by atoms with van der Waals surface area (Å²) in [5.41, 5.74) is 3.30. The van der Waals surface area contributed by atoms with Gasteiger partial charge < -0.3 is 20.1 Å². The molecule has 0 aromatic heterocycles. The number of rotatable bonds is 18. The molecule has 6 rings (SSSR count). The van der Waals surface area contributed by atoms with Gasteiger partial charge in [-0.05, 0) is 112 Å². The zero-order valence-electron chi connectivity index (χ0n) is 35.8. The number of nitriles is 1. The summed E-state index contributed by atoms with van der Waals surface area (Å²) >= 11 is 12.9. The summed E-state index contributed by atoms with van der Waals surface area (Å²) in [6.45, 7) is 12.1. The Morgan fingerprint density at radius 1 is 0.623 bits per heavy atom. The van der Waals surface area contributed by atoms with Crippen molar-refractivity contribution in [3.63, 3.8) is 0 Å². The van der Waals surface area contributed by atoms with E-state index in [0.29, 0.717) is 48.9 Å². The third-order valence-corrected chi connectivity index (χ3v) is 11.1. The molecule has 9 nitrogen and oxygen atoms in total. The van der Waals surface area contributed by atoms with Crippen molar-refractivity contribution in [3.8, 4) is 17.6 Å². The van der Waals surface area contributed by atoms with Crippen molar-refractivity contribution in [1.29, 1.82) is 5.26 Å². The number of nitrogens with zero attached hydrogens (tertiary/aromatic N) is 3. The molecule has 2 saturated heterocycles. The number of ether oxygens (including phenoxy) is 2. The van der Waals surface area contributed by atoms with E-state index in [0.717, 1.165) is 73.0 Å². The SMILES string of the molecule is CC#N.CCCCOc1ccccc1C(=O)NCC(c1ccccc1Cl)N1CCCC1.CCCCOc1ccccc1C(=O)NCC(c1ccccc1Cl)N1CCCC1.Cl.Cl. The molecular weight excluding hydrogens is 852 g/mol. The van der Waals surface area contributed by atoms with Crippen LogP contribution >= 0.6 is 48.0 Å². The number of unbranched alkanes of at least 4 members (excludes halogenated alkanes) is 2. The molecular formula is C48H63Cl4N5O4. The van der Waals surface area contributed by atoms with E-state index >= 15 is 0 Å². The maximum Gasteiger partial charge on any atom is 0.255 e. The monoisotopic (exact) mass is 913 g/mol. The minimum atomic E-state index is -0.108. The van der Waals surface area contributed by atoms with Gasteiger partial charge in [-0.2, -0.15) is 5.26 Å². The molecule has 2 aliphatic rings. The number of amides is 2. The lowest BCUT2D eigenvalue weighted by molar-refractivity contribution is 0.0925. The van der Waals surface area contributed by atoms with Gasteiger partial charge in [0.1, 0.15) is 11.5 Å². The van der Waals surface area contributed by atoms with Crippen LogP contribution in [0.4, 0.5) is 0 Å². The van der Waals surface area contributed by atoms with Gasteiger partial charge in [-0.1, -0.05) is 111 Å². The van der Waals surface area contributed by atoms with E-state index in [1.807, 2.05) is 84.9 Å². The number of hydrogen-bond acceptors (Lipinski definition) is 7. The van der Waals surface area contributed by atoms with Gasteiger partial charge in [0.25, 0.3) is 11.8 Å². The van der Waals surface area contributed by atoms with Crippen LogP contribution in [-0.2, 0) is 0 Å². The highest BCUT2D eigenvalue weighted by atomic mass is 35.5. The van der Waals surface area contributed by atoms with Gasteiger partial charge in [0.15, 0.2) is 0 Å². The first-order valence-corrected chi connectivity index (χ1v) is 21.9. The van der Waals surface area contributed by atoms with Crippen LogP contribution in [0.2, 0.25) is 10.0 Å². The Morgan fingerprint density at radius 2 is 0.951 bits per heavy atom. The van der Waals surface area contributed by atoms with Gasteiger partial charge in [-0.3, -0.25) is 19.4 Å². The van der Waals surface area contributed by atoms with Crippen molar-refractivity contribution in [2.45, 2.75) is 84.2 Å². The number of carbonyl (C=O) groups is 2. The lowest BCUT2D eigenvalue weighted by atomic mass is 10.0. The Balaban J connectivity index is 0.000000383. The van der Waals surface area contributed by atoms with Gasteiger partial charge in [-0.25, -0.2) is 0 Å². The Morgan fingerprint density at radius 3 is 1.30 bits per heavy atom. The van der Waals surface area contributed by atoms with Crippen molar-refractivity contribution in [1.82, 2.24) is 20.4 Å². The van der Waals surface area contributed by atoms with Crippen LogP contribution in [0, 0.1) is 11.3 Å². The van der Waals surface area contributed by atoms with E-state index in [-0.39, 0.29) is 48.7 Å². The van der Waals surface area contributed by atoms with Crippen LogP contribution < -0.4 is 20.1 Å². The van der Waals surface area contributed by atoms with Crippen molar-refractivity contribution < 1.29 is 19.1 Å². The van der Waals surface area contributed by atoms with Crippen molar-refractivity contribution in [2.75, 3.05) is 52.5 Å². The Hall–Kier alpha value is -4.01. The van der Waals surface area contributed by atoms with E-state index in [4.69, 9.17) is 37.9 Å². The fraction of sp³-hybridized carbons (Fsp3) is 0.438. The molecule has 2 N–H and O–H groups in total. The summed E-state index contributed by atoms with van der Waals surface area (Å²) in [7, 11) is 0.